The quantitative estimate of drug-likeness (QED) is 0.665. The fourth-order valence-electron chi connectivity index (χ4n) is 2.06. The summed E-state index contributed by atoms with van der Waals surface area (Å²) in [5.41, 5.74) is -0.546. The minimum Gasteiger partial charge on any atom is -0.337 e. The van der Waals surface area contributed by atoms with Gasteiger partial charge in [-0.15, -0.1) is 12.4 Å². The third kappa shape index (κ3) is 3.64. The molecule has 1 N–H and O–H groups in total. The Kier molecular flexibility index (Phi) is 5.84. The Morgan fingerprint density at radius 1 is 1.35 bits per heavy atom. The molecule has 1 aliphatic rings. The van der Waals surface area contributed by atoms with E-state index < -0.39 is 22.3 Å². The molecule has 0 saturated carbocycles. The average molecular weight is 304 g/mol. The summed E-state index contributed by atoms with van der Waals surface area (Å²) in [6.45, 7) is 2.50. The van der Waals surface area contributed by atoms with Gasteiger partial charge in [-0.3, -0.25) is 14.9 Å². The molecular weight excluding hydrogens is 289 g/mol. The summed E-state index contributed by atoms with van der Waals surface area (Å²) in [5.74, 6) is -1.14. The molecule has 0 aromatic heterocycles. The van der Waals surface area contributed by atoms with E-state index in [1.165, 1.54) is 6.07 Å². The zero-order chi connectivity index (χ0) is 13.8. The lowest BCUT2D eigenvalue weighted by molar-refractivity contribution is -0.385. The van der Waals surface area contributed by atoms with Gasteiger partial charge in [0.2, 0.25) is 0 Å². The molecule has 6 nitrogen and oxygen atoms in total. The van der Waals surface area contributed by atoms with Gasteiger partial charge in [-0.1, -0.05) is 0 Å². The summed E-state index contributed by atoms with van der Waals surface area (Å²) < 4.78 is 13.0. The standard InChI is InChI=1S/C12H14FN3O3.ClH/c13-9-2-3-10(11(8-9)16(18)19)12(17)15-6-1-4-14-5-7-15;/h2-3,8,14H,1,4-7H2;1H. The molecule has 2 rings (SSSR count). The van der Waals surface area contributed by atoms with Crippen LogP contribution in [0.3, 0.4) is 0 Å². The molecule has 0 spiro atoms. The molecule has 1 fully saturated rings. The summed E-state index contributed by atoms with van der Waals surface area (Å²) in [4.78, 5) is 24.0. The summed E-state index contributed by atoms with van der Waals surface area (Å²) >= 11 is 0. The first-order valence-electron chi connectivity index (χ1n) is 6.03. The summed E-state index contributed by atoms with van der Waals surface area (Å²) in [6.07, 6.45) is 0.792. The number of hydrogen-bond donors (Lipinski definition) is 1. The monoisotopic (exact) mass is 303 g/mol. The van der Waals surface area contributed by atoms with Crippen LogP contribution in [-0.4, -0.2) is 41.9 Å². The van der Waals surface area contributed by atoms with Crippen LogP contribution < -0.4 is 5.32 Å². The fraction of sp³-hybridized carbons (Fsp3) is 0.417. The molecule has 8 heteroatoms. The molecule has 0 bridgehead atoms. The third-order valence-electron chi connectivity index (χ3n) is 3.01. The average Bonchev–Trinajstić information content (AvgIpc) is 2.66. The van der Waals surface area contributed by atoms with Crippen molar-refractivity contribution in [1.29, 1.82) is 0 Å². The topological polar surface area (TPSA) is 75.5 Å². The maximum atomic E-state index is 13.0. The summed E-state index contributed by atoms with van der Waals surface area (Å²) in [5, 5.41) is 14.0. The number of nitrogens with zero attached hydrogens (tertiary/aromatic N) is 2. The number of carbonyl (C=O) groups excluding carboxylic acids is 1. The summed E-state index contributed by atoms with van der Waals surface area (Å²) in [7, 11) is 0. The highest BCUT2D eigenvalue weighted by Gasteiger charge is 2.25. The highest BCUT2D eigenvalue weighted by atomic mass is 35.5. The second-order valence-corrected chi connectivity index (χ2v) is 4.31. The van der Waals surface area contributed by atoms with E-state index >= 15 is 0 Å². The van der Waals surface area contributed by atoms with E-state index in [0.29, 0.717) is 19.6 Å². The molecule has 1 aromatic rings. The SMILES string of the molecule is Cl.O=C(c1ccc(F)cc1[N+](=O)[O-])N1CCCNCC1. The van der Waals surface area contributed by atoms with Gasteiger partial charge in [-0.05, 0) is 25.1 Å². The Labute approximate surface area is 121 Å². The lowest BCUT2D eigenvalue weighted by Crippen LogP contribution is -2.34. The van der Waals surface area contributed by atoms with Crippen molar-refractivity contribution in [2.45, 2.75) is 6.42 Å². The van der Waals surface area contributed by atoms with Crippen molar-refractivity contribution in [3.8, 4) is 0 Å². The highest BCUT2D eigenvalue weighted by molar-refractivity contribution is 5.98. The van der Waals surface area contributed by atoms with Crippen LogP contribution in [0.2, 0.25) is 0 Å². The maximum Gasteiger partial charge on any atom is 0.285 e. The maximum absolute atomic E-state index is 13.0. The molecule has 1 amide bonds. The van der Waals surface area contributed by atoms with E-state index in [-0.39, 0.29) is 18.0 Å². The first kappa shape index (κ1) is 16.3. The molecule has 0 atom stereocenters. The number of nitro benzene ring substituents is 1. The Balaban J connectivity index is 0.00000200. The Hall–Kier alpha value is -1.73. The van der Waals surface area contributed by atoms with E-state index in [1.54, 1.807) is 4.90 Å². The number of amides is 1. The lowest BCUT2D eigenvalue weighted by atomic mass is 10.1. The number of nitro groups is 1. The number of halogens is 2. The van der Waals surface area contributed by atoms with Crippen molar-refractivity contribution in [3.63, 3.8) is 0 Å². The van der Waals surface area contributed by atoms with Gasteiger partial charge in [-0.25, -0.2) is 4.39 Å². The first-order chi connectivity index (χ1) is 9.09. The van der Waals surface area contributed by atoms with Gasteiger partial charge < -0.3 is 10.2 Å². The van der Waals surface area contributed by atoms with Crippen LogP contribution >= 0.6 is 12.4 Å². The van der Waals surface area contributed by atoms with Gasteiger partial charge in [0.25, 0.3) is 11.6 Å². The van der Waals surface area contributed by atoms with Crippen molar-refractivity contribution in [2.75, 3.05) is 26.2 Å². The second kappa shape index (κ2) is 7.16. The molecular formula is C12H15ClFN3O3. The van der Waals surface area contributed by atoms with E-state index in [1.807, 2.05) is 0 Å². The van der Waals surface area contributed by atoms with E-state index in [2.05, 4.69) is 5.32 Å². The second-order valence-electron chi connectivity index (χ2n) is 4.31. The molecule has 110 valence electrons. The van der Waals surface area contributed by atoms with E-state index in [0.717, 1.165) is 25.1 Å². The van der Waals surface area contributed by atoms with Gasteiger partial charge in [0.05, 0.1) is 11.0 Å². The molecule has 1 aliphatic heterocycles. The summed E-state index contributed by atoms with van der Waals surface area (Å²) in [6, 6.07) is 3.02. The highest BCUT2D eigenvalue weighted by Crippen LogP contribution is 2.21. The Morgan fingerprint density at radius 3 is 2.80 bits per heavy atom. The molecule has 1 saturated heterocycles. The van der Waals surface area contributed by atoms with Gasteiger partial charge in [0, 0.05) is 19.6 Å². The van der Waals surface area contributed by atoms with Crippen molar-refractivity contribution in [2.24, 2.45) is 0 Å². The Morgan fingerprint density at radius 2 is 2.10 bits per heavy atom. The number of benzene rings is 1. The van der Waals surface area contributed by atoms with Crippen molar-refractivity contribution in [1.82, 2.24) is 10.2 Å². The molecule has 1 aromatic carbocycles. The molecule has 20 heavy (non-hydrogen) atoms. The number of nitrogens with one attached hydrogen (secondary N) is 1. The minimum atomic E-state index is -0.730. The third-order valence-corrected chi connectivity index (χ3v) is 3.01. The van der Waals surface area contributed by atoms with E-state index in [4.69, 9.17) is 0 Å². The normalized spacial score (nSPS) is 15.2. The number of rotatable bonds is 2. The lowest BCUT2D eigenvalue weighted by Gasteiger charge is -2.19. The van der Waals surface area contributed by atoms with Crippen LogP contribution in [0.5, 0.6) is 0 Å². The minimum absolute atomic E-state index is 0. The number of carbonyl (C=O) groups is 1. The smallest absolute Gasteiger partial charge is 0.285 e. The zero-order valence-electron chi connectivity index (χ0n) is 10.7. The number of hydrogen-bond acceptors (Lipinski definition) is 4. The zero-order valence-corrected chi connectivity index (χ0v) is 11.5. The molecule has 0 aliphatic carbocycles. The van der Waals surface area contributed by atoms with Gasteiger partial charge in [-0.2, -0.15) is 0 Å². The van der Waals surface area contributed by atoms with Crippen LogP contribution in [0.4, 0.5) is 10.1 Å². The molecule has 0 unspecified atom stereocenters. The van der Waals surface area contributed by atoms with Crippen molar-refractivity contribution >= 4 is 24.0 Å². The molecule has 1 heterocycles. The van der Waals surface area contributed by atoms with Crippen LogP contribution in [-0.2, 0) is 0 Å². The van der Waals surface area contributed by atoms with Gasteiger partial charge in [0.1, 0.15) is 11.4 Å². The first-order valence-corrected chi connectivity index (χ1v) is 6.03. The predicted molar refractivity (Wildman–Crippen MR) is 73.7 cm³/mol. The van der Waals surface area contributed by atoms with Crippen LogP contribution in [0.25, 0.3) is 0 Å². The van der Waals surface area contributed by atoms with Crippen LogP contribution in [0, 0.1) is 15.9 Å². The Bertz CT molecular complexity index is 505. The molecule has 0 radical (unpaired) electrons. The predicted octanol–water partition coefficient (Wildman–Crippen LogP) is 1.59. The van der Waals surface area contributed by atoms with Crippen molar-refractivity contribution in [3.05, 3.63) is 39.7 Å². The van der Waals surface area contributed by atoms with Crippen LogP contribution in [0.15, 0.2) is 18.2 Å². The van der Waals surface area contributed by atoms with Gasteiger partial charge in [0.15, 0.2) is 0 Å². The van der Waals surface area contributed by atoms with E-state index in [9.17, 15) is 19.3 Å². The fourth-order valence-corrected chi connectivity index (χ4v) is 2.06. The van der Waals surface area contributed by atoms with Crippen molar-refractivity contribution < 1.29 is 14.1 Å². The largest absolute Gasteiger partial charge is 0.337 e. The van der Waals surface area contributed by atoms with Crippen LogP contribution in [0.1, 0.15) is 16.8 Å². The van der Waals surface area contributed by atoms with Gasteiger partial charge >= 0.3 is 0 Å².